The zero-order chi connectivity index (χ0) is 13.2. The van der Waals surface area contributed by atoms with Crippen LogP contribution in [0.5, 0.6) is 11.5 Å². The van der Waals surface area contributed by atoms with Gasteiger partial charge in [-0.1, -0.05) is 6.07 Å². The molecule has 0 saturated heterocycles. The lowest BCUT2D eigenvalue weighted by Gasteiger charge is -2.22. The summed E-state index contributed by atoms with van der Waals surface area (Å²) in [6.45, 7) is 1.16. The average Bonchev–Trinajstić information content (AvgIpc) is 2.86. The van der Waals surface area contributed by atoms with Gasteiger partial charge >= 0.3 is 0 Å². The lowest BCUT2D eigenvalue weighted by atomic mass is 10.0. The van der Waals surface area contributed by atoms with Crippen LogP contribution >= 0.6 is 0 Å². The van der Waals surface area contributed by atoms with E-state index in [1.807, 2.05) is 31.3 Å². The largest absolute Gasteiger partial charge is 0.486 e. The quantitative estimate of drug-likeness (QED) is 0.629. The number of aryl methyl sites for hydroxylation is 1. The number of nitrogens with one attached hydrogen (secondary N) is 1. The molecular formula is C13H16N4O2. The highest BCUT2D eigenvalue weighted by Gasteiger charge is 2.19. The zero-order valence-corrected chi connectivity index (χ0v) is 10.7. The molecule has 1 unspecified atom stereocenters. The molecule has 0 spiro atoms. The predicted octanol–water partition coefficient (Wildman–Crippen LogP) is 0.744. The van der Waals surface area contributed by atoms with E-state index in [1.165, 1.54) is 0 Å². The summed E-state index contributed by atoms with van der Waals surface area (Å²) in [5.41, 5.74) is 4.81. The van der Waals surface area contributed by atoms with Gasteiger partial charge < -0.3 is 9.47 Å². The van der Waals surface area contributed by atoms with Crippen LogP contribution in [0.1, 0.15) is 17.3 Å². The van der Waals surface area contributed by atoms with E-state index in [2.05, 4.69) is 10.5 Å². The standard InChI is InChI=1S/C13H16N4O2/c1-17-10(4-5-15-17)13(16-14)9-2-3-11-12(8-9)19-7-6-18-11/h2-5,8,13,16H,6-7,14H2,1H3. The molecule has 0 saturated carbocycles. The molecule has 0 aliphatic carbocycles. The summed E-state index contributed by atoms with van der Waals surface area (Å²) >= 11 is 0. The smallest absolute Gasteiger partial charge is 0.161 e. The van der Waals surface area contributed by atoms with Crippen LogP contribution < -0.4 is 20.7 Å². The van der Waals surface area contributed by atoms with Crippen molar-refractivity contribution in [1.82, 2.24) is 15.2 Å². The number of ether oxygens (including phenoxy) is 2. The van der Waals surface area contributed by atoms with E-state index in [1.54, 1.807) is 10.9 Å². The maximum atomic E-state index is 5.68. The minimum atomic E-state index is -0.136. The second-order valence-electron chi connectivity index (χ2n) is 4.38. The molecule has 6 heteroatoms. The second-order valence-corrected chi connectivity index (χ2v) is 4.38. The third-order valence-electron chi connectivity index (χ3n) is 3.22. The van der Waals surface area contributed by atoms with Crippen LogP contribution in [0, 0.1) is 0 Å². The molecule has 2 heterocycles. The Morgan fingerprint density at radius 1 is 1.26 bits per heavy atom. The van der Waals surface area contributed by atoms with Crippen LogP contribution in [-0.4, -0.2) is 23.0 Å². The van der Waals surface area contributed by atoms with Crippen molar-refractivity contribution in [3.63, 3.8) is 0 Å². The zero-order valence-electron chi connectivity index (χ0n) is 10.7. The molecule has 3 N–H and O–H groups in total. The molecule has 100 valence electrons. The van der Waals surface area contributed by atoms with Gasteiger partial charge in [-0.15, -0.1) is 0 Å². The summed E-state index contributed by atoms with van der Waals surface area (Å²) in [6.07, 6.45) is 1.75. The van der Waals surface area contributed by atoms with E-state index in [4.69, 9.17) is 15.3 Å². The lowest BCUT2D eigenvalue weighted by molar-refractivity contribution is 0.171. The highest BCUT2D eigenvalue weighted by atomic mass is 16.6. The number of nitrogens with two attached hydrogens (primary N) is 1. The highest BCUT2D eigenvalue weighted by molar-refractivity contribution is 5.46. The second kappa shape index (κ2) is 4.91. The van der Waals surface area contributed by atoms with Crippen LogP contribution in [0.2, 0.25) is 0 Å². The molecule has 2 aromatic rings. The van der Waals surface area contributed by atoms with Gasteiger partial charge in [0.2, 0.25) is 0 Å². The summed E-state index contributed by atoms with van der Waals surface area (Å²) in [5, 5.41) is 4.16. The van der Waals surface area contributed by atoms with Gasteiger partial charge in [0.15, 0.2) is 11.5 Å². The van der Waals surface area contributed by atoms with E-state index in [0.29, 0.717) is 13.2 Å². The minimum Gasteiger partial charge on any atom is -0.486 e. The molecule has 19 heavy (non-hydrogen) atoms. The number of benzene rings is 1. The molecule has 1 atom stereocenters. The van der Waals surface area contributed by atoms with Crippen molar-refractivity contribution in [3.8, 4) is 11.5 Å². The molecular weight excluding hydrogens is 244 g/mol. The predicted molar refractivity (Wildman–Crippen MR) is 69.8 cm³/mol. The van der Waals surface area contributed by atoms with Crippen LogP contribution in [0.3, 0.4) is 0 Å². The van der Waals surface area contributed by atoms with E-state index < -0.39 is 0 Å². The van der Waals surface area contributed by atoms with Crippen molar-refractivity contribution >= 4 is 0 Å². The molecule has 0 radical (unpaired) electrons. The van der Waals surface area contributed by atoms with Gasteiger partial charge in [-0.3, -0.25) is 10.5 Å². The molecule has 0 bridgehead atoms. The number of hydrogen-bond acceptors (Lipinski definition) is 5. The first-order chi connectivity index (χ1) is 9.29. The van der Waals surface area contributed by atoms with Crippen molar-refractivity contribution in [2.24, 2.45) is 12.9 Å². The Balaban J connectivity index is 1.98. The molecule has 3 rings (SSSR count). The number of fused-ring (bicyclic) bond motifs is 1. The van der Waals surface area contributed by atoms with E-state index in [9.17, 15) is 0 Å². The van der Waals surface area contributed by atoms with Gasteiger partial charge in [0.25, 0.3) is 0 Å². The monoisotopic (exact) mass is 260 g/mol. The summed E-state index contributed by atoms with van der Waals surface area (Å²) in [6, 6.07) is 7.63. The molecule has 1 aliphatic rings. The third-order valence-corrected chi connectivity index (χ3v) is 3.22. The SMILES string of the molecule is Cn1nccc1C(NN)c1ccc2c(c1)OCCO2. The summed E-state index contributed by atoms with van der Waals surface area (Å²) in [4.78, 5) is 0. The first kappa shape index (κ1) is 12.0. The van der Waals surface area contributed by atoms with Crippen LogP contribution in [-0.2, 0) is 7.05 Å². The fourth-order valence-electron chi connectivity index (χ4n) is 2.26. The first-order valence-electron chi connectivity index (χ1n) is 6.13. The Hall–Kier alpha value is -2.05. The summed E-state index contributed by atoms with van der Waals surface area (Å²) in [5.74, 6) is 7.21. The van der Waals surface area contributed by atoms with E-state index >= 15 is 0 Å². The average molecular weight is 260 g/mol. The Bertz CT molecular complexity index is 582. The van der Waals surface area contributed by atoms with Gasteiger partial charge in [-0.25, -0.2) is 5.43 Å². The molecule has 0 amide bonds. The number of rotatable bonds is 3. The molecule has 6 nitrogen and oxygen atoms in total. The Kier molecular flexibility index (Phi) is 3.10. The van der Waals surface area contributed by atoms with Crippen molar-refractivity contribution in [2.75, 3.05) is 13.2 Å². The van der Waals surface area contributed by atoms with Gasteiger partial charge in [-0.05, 0) is 23.8 Å². The number of nitrogens with zero attached hydrogens (tertiary/aromatic N) is 2. The topological polar surface area (TPSA) is 74.3 Å². The molecule has 0 fully saturated rings. The van der Waals surface area contributed by atoms with Gasteiger partial charge in [-0.2, -0.15) is 5.10 Å². The van der Waals surface area contributed by atoms with Gasteiger partial charge in [0, 0.05) is 13.2 Å². The maximum Gasteiger partial charge on any atom is 0.161 e. The van der Waals surface area contributed by atoms with E-state index in [-0.39, 0.29) is 6.04 Å². The fourth-order valence-corrected chi connectivity index (χ4v) is 2.26. The number of aromatic nitrogens is 2. The Morgan fingerprint density at radius 2 is 2.05 bits per heavy atom. The van der Waals surface area contributed by atoms with Crippen LogP contribution in [0.15, 0.2) is 30.5 Å². The summed E-state index contributed by atoms with van der Waals surface area (Å²) < 4.78 is 12.9. The van der Waals surface area contributed by atoms with Gasteiger partial charge in [0.05, 0.1) is 11.7 Å². The maximum absolute atomic E-state index is 5.68. The fraction of sp³-hybridized carbons (Fsp3) is 0.308. The molecule has 1 aromatic carbocycles. The lowest BCUT2D eigenvalue weighted by Crippen LogP contribution is -2.30. The molecule has 1 aliphatic heterocycles. The number of hydrogen-bond donors (Lipinski definition) is 2. The van der Waals surface area contributed by atoms with Crippen molar-refractivity contribution < 1.29 is 9.47 Å². The first-order valence-corrected chi connectivity index (χ1v) is 6.13. The van der Waals surface area contributed by atoms with Gasteiger partial charge in [0.1, 0.15) is 13.2 Å². The molecule has 1 aromatic heterocycles. The Morgan fingerprint density at radius 3 is 2.74 bits per heavy atom. The minimum absolute atomic E-state index is 0.136. The Labute approximate surface area is 111 Å². The number of hydrazine groups is 1. The normalized spacial score (nSPS) is 15.3. The third kappa shape index (κ3) is 2.16. The van der Waals surface area contributed by atoms with Crippen molar-refractivity contribution in [3.05, 3.63) is 41.7 Å². The van der Waals surface area contributed by atoms with Crippen LogP contribution in [0.4, 0.5) is 0 Å². The van der Waals surface area contributed by atoms with Crippen LogP contribution in [0.25, 0.3) is 0 Å². The van der Waals surface area contributed by atoms with E-state index in [0.717, 1.165) is 22.8 Å². The summed E-state index contributed by atoms with van der Waals surface area (Å²) in [7, 11) is 1.89. The highest BCUT2D eigenvalue weighted by Crippen LogP contribution is 2.33. The van der Waals surface area contributed by atoms with Crippen molar-refractivity contribution in [2.45, 2.75) is 6.04 Å². The van der Waals surface area contributed by atoms with Crippen molar-refractivity contribution in [1.29, 1.82) is 0 Å².